The number of rotatable bonds is 8. The number of nitrogens with one attached hydrogen (secondary N) is 1. The highest BCUT2D eigenvalue weighted by molar-refractivity contribution is 7.89. The van der Waals surface area contributed by atoms with Crippen LogP contribution in [0.5, 0.6) is 0 Å². The van der Waals surface area contributed by atoms with Gasteiger partial charge in [0.05, 0.1) is 4.90 Å². The maximum atomic E-state index is 12.9. The highest BCUT2D eigenvalue weighted by Crippen LogP contribution is 2.32. The van der Waals surface area contributed by atoms with E-state index < -0.39 is 10.0 Å². The van der Waals surface area contributed by atoms with Gasteiger partial charge in [-0.1, -0.05) is 19.9 Å². The molecule has 1 aliphatic carbocycles. The topological polar surface area (TPSA) is 49.4 Å². The Balaban J connectivity index is 2.36. The lowest BCUT2D eigenvalue weighted by Crippen LogP contribution is -2.34. The molecule has 1 aliphatic rings. The molecule has 0 aromatic heterocycles. The fourth-order valence-electron chi connectivity index (χ4n) is 2.68. The van der Waals surface area contributed by atoms with E-state index in [0.29, 0.717) is 18.0 Å². The molecule has 0 saturated heterocycles. The predicted molar refractivity (Wildman–Crippen MR) is 85.8 cm³/mol. The predicted octanol–water partition coefficient (Wildman–Crippen LogP) is 2.53. The van der Waals surface area contributed by atoms with Crippen molar-refractivity contribution in [2.75, 3.05) is 13.6 Å². The summed E-state index contributed by atoms with van der Waals surface area (Å²) in [5, 5.41) is 3.12. The van der Waals surface area contributed by atoms with Crippen LogP contribution in [0.1, 0.15) is 44.2 Å². The fraction of sp³-hybridized carbons (Fsp3) is 0.625. The first-order chi connectivity index (χ1) is 10.0. The van der Waals surface area contributed by atoms with Crippen LogP contribution in [0.2, 0.25) is 0 Å². The van der Waals surface area contributed by atoms with Gasteiger partial charge in [-0.15, -0.1) is 0 Å². The average Bonchev–Trinajstić information content (AvgIpc) is 3.29. The summed E-state index contributed by atoms with van der Waals surface area (Å²) >= 11 is 0. The second-order valence-corrected chi connectivity index (χ2v) is 7.55. The third kappa shape index (κ3) is 3.65. The molecule has 5 heteroatoms. The Morgan fingerprint density at radius 3 is 2.48 bits per heavy atom. The van der Waals surface area contributed by atoms with E-state index in [1.54, 1.807) is 10.4 Å². The Morgan fingerprint density at radius 2 is 1.95 bits per heavy atom. The van der Waals surface area contributed by atoms with E-state index in [-0.39, 0.29) is 6.04 Å². The first-order valence-electron chi connectivity index (χ1n) is 7.82. The van der Waals surface area contributed by atoms with Crippen molar-refractivity contribution in [1.82, 2.24) is 9.62 Å². The molecule has 1 aromatic carbocycles. The van der Waals surface area contributed by atoms with Gasteiger partial charge in [0.1, 0.15) is 0 Å². The molecule has 1 N–H and O–H groups in total. The van der Waals surface area contributed by atoms with E-state index in [4.69, 9.17) is 0 Å². The number of sulfonamides is 1. The van der Waals surface area contributed by atoms with Crippen LogP contribution in [0.15, 0.2) is 23.1 Å². The van der Waals surface area contributed by atoms with Gasteiger partial charge in [-0.25, -0.2) is 8.42 Å². The number of benzene rings is 1. The summed E-state index contributed by atoms with van der Waals surface area (Å²) in [5.74, 6) is 0. The first kappa shape index (κ1) is 16.5. The number of aryl methyl sites for hydroxylation is 1. The lowest BCUT2D eigenvalue weighted by atomic mass is 10.1. The molecule has 118 valence electrons. The summed E-state index contributed by atoms with van der Waals surface area (Å²) in [6.45, 7) is 5.43. The van der Waals surface area contributed by atoms with Gasteiger partial charge in [-0.3, -0.25) is 0 Å². The lowest BCUT2D eigenvalue weighted by Gasteiger charge is -2.22. The molecule has 0 heterocycles. The number of hydrogen-bond donors (Lipinski definition) is 1. The zero-order valence-electron chi connectivity index (χ0n) is 13.2. The maximum Gasteiger partial charge on any atom is 0.243 e. The summed E-state index contributed by atoms with van der Waals surface area (Å²) in [7, 11) is -1.48. The van der Waals surface area contributed by atoms with Crippen molar-refractivity contribution in [3.63, 3.8) is 0 Å². The summed E-state index contributed by atoms with van der Waals surface area (Å²) in [6, 6.07) is 5.78. The van der Waals surface area contributed by atoms with Gasteiger partial charge >= 0.3 is 0 Å². The first-order valence-corrected chi connectivity index (χ1v) is 9.26. The molecule has 0 bridgehead atoms. The smallest absolute Gasteiger partial charge is 0.243 e. The largest absolute Gasteiger partial charge is 0.316 e. The summed E-state index contributed by atoms with van der Waals surface area (Å²) in [6.07, 6.45) is 3.76. The molecule has 4 nitrogen and oxygen atoms in total. The van der Waals surface area contributed by atoms with Crippen molar-refractivity contribution in [1.29, 1.82) is 0 Å². The molecule has 0 aliphatic heterocycles. The van der Waals surface area contributed by atoms with Crippen LogP contribution < -0.4 is 5.32 Å². The molecule has 2 rings (SSSR count). The molecule has 0 unspecified atom stereocenters. The maximum absolute atomic E-state index is 12.9. The van der Waals surface area contributed by atoms with Crippen molar-refractivity contribution in [2.45, 2.75) is 57.0 Å². The van der Waals surface area contributed by atoms with E-state index in [1.165, 1.54) is 5.56 Å². The summed E-state index contributed by atoms with van der Waals surface area (Å²) in [4.78, 5) is 0.435. The Bertz CT molecular complexity index is 580. The van der Waals surface area contributed by atoms with E-state index in [9.17, 15) is 8.42 Å². The van der Waals surface area contributed by atoms with Crippen LogP contribution in [0.25, 0.3) is 0 Å². The van der Waals surface area contributed by atoms with E-state index in [2.05, 4.69) is 12.2 Å². The Kier molecular flexibility index (Phi) is 5.41. The zero-order chi connectivity index (χ0) is 15.5. The van der Waals surface area contributed by atoms with Gasteiger partial charge in [-0.05, 0) is 56.0 Å². The van der Waals surface area contributed by atoms with Crippen molar-refractivity contribution in [3.8, 4) is 0 Å². The van der Waals surface area contributed by atoms with Gasteiger partial charge in [0.25, 0.3) is 0 Å². The SMILES string of the molecule is CCCN(C1CC1)S(=O)(=O)c1ccc(CC)c(CNC)c1. The Hall–Kier alpha value is -0.910. The van der Waals surface area contributed by atoms with Crippen LogP contribution in [-0.2, 0) is 23.0 Å². The van der Waals surface area contributed by atoms with Gasteiger partial charge in [-0.2, -0.15) is 4.31 Å². The van der Waals surface area contributed by atoms with Gasteiger partial charge in [0.2, 0.25) is 10.0 Å². The Morgan fingerprint density at radius 1 is 1.24 bits per heavy atom. The molecule has 0 amide bonds. The summed E-state index contributed by atoms with van der Waals surface area (Å²) in [5.41, 5.74) is 2.28. The van der Waals surface area contributed by atoms with Gasteiger partial charge in [0, 0.05) is 19.1 Å². The standard InChI is InChI=1S/C16H26N2O2S/c1-4-10-18(15-7-8-15)21(19,20)16-9-6-13(5-2)14(11-16)12-17-3/h6,9,11,15,17H,4-5,7-8,10,12H2,1-3H3. The molecule has 0 radical (unpaired) electrons. The van der Waals surface area contributed by atoms with Crippen LogP contribution >= 0.6 is 0 Å². The highest BCUT2D eigenvalue weighted by Gasteiger charge is 2.37. The lowest BCUT2D eigenvalue weighted by molar-refractivity contribution is 0.403. The third-order valence-electron chi connectivity index (χ3n) is 3.93. The molecule has 1 saturated carbocycles. The number of hydrogen-bond acceptors (Lipinski definition) is 3. The van der Waals surface area contributed by atoms with Crippen molar-refractivity contribution < 1.29 is 8.42 Å². The second-order valence-electron chi connectivity index (χ2n) is 5.66. The monoisotopic (exact) mass is 310 g/mol. The van der Waals surface area contributed by atoms with Crippen LogP contribution in [0, 0.1) is 0 Å². The molecular formula is C16H26N2O2S. The van der Waals surface area contributed by atoms with Crippen LogP contribution in [0.4, 0.5) is 0 Å². The fourth-order valence-corrected chi connectivity index (χ4v) is 4.51. The minimum atomic E-state index is -3.36. The normalized spacial score (nSPS) is 15.6. The minimum absolute atomic E-state index is 0.216. The van der Waals surface area contributed by atoms with Crippen LogP contribution in [-0.4, -0.2) is 32.4 Å². The zero-order valence-corrected chi connectivity index (χ0v) is 14.0. The Labute approximate surface area is 128 Å². The van der Waals surface area contributed by atoms with Crippen molar-refractivity contribution in [2.24, 2.45) is 0 Å². The molecular weight excluding hydrogens is 284 g/mol. The molecule has 0 spiro atoms. The quantitative estimate of drug-likeness (QED) is 0.803. The molecule has 1 fully saturated rings. The van der Waals surface area contributed by atoms with E-state index in [0.717, 1.165) is 31.2 Å². The molecule has 1 aromatic rings. The van der Waals surface area contributed by atoms with Gasteiger partial charge in [0.15, 0.2) is 0 Å². The molecule has 0 atom stereocenters. The summed E-state index contributed by atoms with van der Waals surface area (Å²) < 4.78 is 27.4. The highest BCUT2D eigenvalue weighted by atomic mass is 32.2. The molecule has 21 heavy (non-hydrogen) atoms. The third-order valence-corrected chi connectivity index (χ3v) is 5.88. The van der Waals surface area contributed by atoms with Crippen molar-refractivity contribution in [3.05, 3.63) is 29.3 Å². The second kappa shape index (κ2) is 6.90. The average molecular weight is 310 g/mol. The van der Waals surface area contributed by atoms with Gasteiger partial charge < -0.3 is 5.32 Å². The van der Waals surface area contributed by atoms with E-state index in [1.807, 2.05) is 26.1 Å². The number of nitrogens with zero attached hydrogens (tertiary/aromatic N) is 1. The minimum Gasteiger partial charge on any atom is -0.316 e. The van der Waals surface area contributed by atoms with Crippen LogP contribution in [0.3, 0.4) is 0 Å². The van der Waals surface area contributed by atoms with Crippen molar-refractivity contribution >= 4 is 10.0 Å². The van der Waals surface area contributed by atoms with E-state index >= 15 is 0 Å².